The van der Waals surface area contributed by atoms with Gasteiger partial charge in [0.15, 0.2) is 0 Å². The summed E-state index contributed by atoms with van der Waals surface area (Å²) in [5, 5.41) is 8.84. The lowest BCUT2D eigenvalue weighted by Gasteiger charge is -2.39. The molecule has 0 aromatic carbocycles. The molecule has 1 rings (SSSR count). The van der Waals surface area contributed by atoms with Crippen LogP contribution in [0.4, 0.5) is 0 Å². The van der Waals surface area contributed by atoms with Gasteiger partial charge in [-0.15, -0.1) is 0 Å². The summed E-state index contributed by atoms with van der Waals surface area (Å²) in [5.41, 5.74) is 0. The van der Waals surface area contributed by atoms with Gasteiger partial charge >= 0.3 is 5.97 Å². The molecule has 0 saturated carbocycles. The van der Waals surface area contributed by atoms with Gasteiger partial charge in [-0.3, -0.25) is 14.5 Å². The first kappa shape index (κ1) is 13.9. The summed E-state index contributed by atoms with van der Waals surface area (Å²) in [6.45, 7) is 3.32. The Kier molecular flexibility index (Phi) is 4.89. The molecular formula is C11H20N2O4. The summed E-state index contributed by atoms with van der Waals surface area (Å²) in [5.74, 6) is -0.878. The number of carboxylic acid groups (broad SMARTS) is 1. The Morgan fingerprint density at radius 3 is 2.71 bits per heavy atom. The van der Waals surface area contributed by atoms with E-state index in [4.69, 9.17) is 9.84 Å². The van der Waals surface area contributed by atoms with Crippen LogP contribution in [0.3, 0.4) is 0 Å². The normalized spacial score (nSPS) is 23.1. The second kappa shape index (κ2) is 5.97. The van der Waals surface area contributed by atoms with Crippen molar-refractivity contribution in [1.82, 2.24) is 9.80 Å². The van der Waals surface area contributed by atoms with Crippen LogP contribution < -0.4 is 0 Å². The van der Waals surface area contributed by atoms with Crippen LogP contribution in [0.25, 0.3) is 0 Å². The molecule has 0 spiro atoms. The highest BCUT2D eigenvalue weighted by Crippen LogP contribution is 2.15. The van der Waals surface area contributed by atoms with Crippen molar-refractivity contribution >= 4 is 11.9 Å². The minimum atomic E-state index is -0.866. The van der Waals surface area contributed by atoms with Crippen LogP contribution in [0, 0.1) is 0 Å². The van der Waals surface area contributed by atoms with Gasteiger partial charge in [0, 0.05) is 26.7 Å². The summed E-state index contributed by atoms with van der Waals surface area (Å²) in [7, 11) is 3.40. The lowest BCUT2D eigenvalue weighted by Crippen LogP contribution is -2.55. The standard InChI is InChI=1S/C11H20N2O4/c1-8(11(16)12(2)3)13-4-5-17-7-9(13)6-10(14)15/h8-9H,4-7H2,1-3H3,(H,14,15). The summed E-state index contributed by atoms with van der Waals surface area (Å²) in [6, 6.07) is -0.529. The van der Waals surface area contributed by atoms with Crippen molar-refractivity contribution in [3.63, 3.8) is 0 Å². The number of hydrogen-bond donors (Lipinski definition) is 1. The Labute approximate surface area is 101 Å². The fourth-order valence-corrected chi connectivity index (χ4v) is 2.07. The van der Waals surface area contributed by atoms with Crippen LogP contribution in [0.1, 0.15) is 13.3 Å². The van der Waals surface area contributed by atoms with Crippen LogP contribution in [0.15, 0.2) is 0 Å². The number of nitrogens with zero attached hydrogens (tertiary/aromatic N) is 2. The molecule has 6 heteroatoms. The number of carbonyl (C=O) groups excluding carboxylic acids is 1. The lowest BCUT2D eigenvalue weighted by molar-refractivity contribution is -0.145. The van der Waals surface area contributed by atoms with Gasteiger partial charge in [-0.05, 0) is 6.92 Å². The second-order valence-electron chi connectivity index (χ2n) is 4.47. The summed E-state index contributed by atoms with van der Waals surface area (Å²) in [6.07, 6.45) is 0.00501. The zero-order chi connectivity index (χ0) is 13.0. The van der Waals surface area contributed by atoms with E-state index in [9.17, 15) is 9.59 Å². The number of carboxylic acids is 1. The molecule has 1 heterocycles. The Bertz CT molecular complexity index is 293. The SMILES string of the molecule is CC(C(=O)N(C)C)N1CCOCC1CC(=O)O. The van der Waals surface area contributed by atoms with Crippen LogP contribution in [-0.2, 0) is 14.3 Å². The van der Waals surface area contributed by atoms with E-state index < -0.39 is 5.97 Å². The van der Waals surface area contributed by atoms with Crippen LogP contribution in [0.5, 0.6) is 0 Å². The van der Waals surface area contributed by atoms with Crippen LogP contribution in [-0.4, -0.2) is 72.7 Å². The molecule has 0 aliphatic carbocycles. The number of aliphatic carboxylic acids is 1. The molecule has 17 heavy (non-hydrogen) atoms. The molecule has 0 aromatic rings. The van der Waals surface area contributed by atoms with Crippen molar-refractivity contribution < 1.29 is 19.4 Å². The number of ether oxygens (including phenoxy) is 1. The topological polar surface area (TPSA) is 70.1 Å². The number of morpholine rings is 1. The van der Waals surface area contributed by atoms with Gasteiger partial charge in [0.2, 0.25) is 5.91 Å². The zero-order valence-electron chi connectivity index (χ0n) is 10.5. The molecule has 2 unspecified atom stereocenters. The fourth-order valence-electron chi connectivity index (χ4n) is 2.07. The maximum atomic E-state index is 11.9. The van der Waals surface area contributed by atoms with Crippen molar-refractivity contribution in [2.24, 2.45) is 0 Å². The smallest absolute Gasteiger partial charge is 0.305 e. The Morgan fingerprint density at radius 2 is 2.18 bits per heavy atom. The largest absolute Gasteiger partial charge is 0.481 e. The molecule has 98 valence electrons. The minimum absolute atomic E-state index is 0.00501. The lowest BCUT2D eigenvalue weighted by atomic mass is 10.1. The summed E-state index contributed by atoms with van der Waals surface area (Å²) in [4.78, 5) is 26.1. The first-order valence-corrected chi connectivity index (χ1v) is 5.70. The average Bonchev–Trinajstić information content (AvgIpc) is 2.27. The molecule has 2 atom stereocenters. The van der Waals surface area contributed by atoms with E-state index in [1.807, 2.05) is 11.8 Å². The van der Waals surface area contributed by atoms with Gasteiger partial charge in [0.05, 0.1) is 25.7 Å². The van der Waals surface area contributed by atoms with E-state index in [0.29, 0.717) is 19.8 Å². The van der Waals surface area contributed by atoms with Gasteiger partial charge in [0.1, 0.15) is 0 Å². The third kappa shape index (κ3) is 3.67. The predicted molar refractivity (Wildman–Crippen MR) is 61.7 cm³/mol. The van der Waals surface area contributed by atoms with Crippen molar-refractivity contribution in [3.05, 3.63) is 0 Å². The number of rotatable bonds is 4. The Balaban J connectivity index is 2.70. The zero-order valence-corrected chi connectivity index (χ0v) is 10.5. The van der Waals surface area contributed by atoms with E-state index in [2.05, 4.69) is 0 Å². The van der Waals surface area contributed by atoms with Crippen molar-refractivity contribution in [2.75, 3.05) is 33.9 Å². The molecule has 1 aliphatic heterocycles. The number of likely N-dealkylation sites (N-methyl/N-ethyl adjacent to an activating group) is 1. The first-order chi connectivity index (χ1) is 7.93. The van der Waals surface area contributed by atoms with Gasteiger partial charge in [0.25, 0.3) is 0 Å². The highest BCUT2D eigenvalue weighted by molar-refractivity contribution is 5.81. The quantitative estimate of drug-likeness (QED) is 0.731. The van der Waals surface area contributed by atoms with E-state index in [1.165, 1.54) is 4.90 Å². The number of hydrogen-bond acceptors (Lipinski definition) is 4. The monoisotopic (exact) mass is 244 g/mol. The van der Waals surface area contributed by atoms with Gasteiger partial charge in [-0.1, -0.05) is 0 Å². The predicted octanol–water partition coefficient (Wildman–Crippen LogP) is -0.361. The third-order valence-electron chi connectivity index (χ3n) is 2.98. The van der Waals surface area contributed by atoms with Gasteiger partial charge in [-0.2, -0.15) is 0 Å². The first-order valence-electron chi connectivity index (χ1n) is 5.70. The van der Waals surface area contributed by atoms with Crippen molar-refractivity contribution in [2.45, 2.75) is 25.4 Å². The van der Waals surface area contributed by atoms with Crippen molar-refractivity contribution in [3.8, 4) is 0 Å². The van der Waals surface area contributed by atoms with Crippen LogP contribution in [0.2, 0.25) is 0 Å². The molecule has 1 aliphatic rings. The molecule has 0 bridgehead atoms. The molecule has 6 nitrogen and oxygen atoms in total. The summed E-state index contributed by atoms with van der Waals surface area (Å²) < 4.78 is 5.27. The molecule has 1 fully saturated rings. The molecular weight excluding hydrogens is 224 g/mol. The molecule has 1 amide bonds. The maximum absolute atomic E-state index is 11.9. The van der Waals surface area contributed by atoms with Crippen molar-refractivity contribution in [1.29, 1.82) is 0 Å². The minimum Gasteiger partial charge on any atom is -0.481 e. The second-order valence-corrected chi connectivity index (χ2v) is 4.47. The summed E-state index contributed by atoms with van der Waals surface area (Å²) >= 11 is 0. The Morgan fingerprint density at radius 1 is 1.53 bits per heavy atom. The van der Waals surface area contributed by atoms with E-state index >= 15 is 0 Å². The van der Waals surface area contributed by atoms with E-state index in [-0.39, 0.29) is 24.4 Å². The van der Waals surface area contributed by atoms with E-state index in [1.54, 1.807) is 14.1 Å². The average molecular weight is 244 g/mol. The van der Waals surface area contributed by atoms with Gasteiger partial charge < -0.3 is 14.7 Å². The highest BCUT2D eigenvalue weighted by Gasteiger charge is 2.32. The van der Waals surface area contributed by atoms with Crippen LogP contribution >= 0.6 is 0 Å². The fraction of sp³-hybridized carbons (Fsp3) is 0.818. The number of amides is 1. The molecule has 1 N–H and O–H groups in total. The molecule has 1 saturated heterocycles. The van der Waals surface area contributed by atoms with Gasteiger partial charge in [-0.25, -0.2) is 0 Å². The van der Waals surface area contributed by atoms with E-state index in [0.717, 1.165) is 0 Å². The molecule has 0 radical (unpaired) electrons. The Hall–Kier alpha value is -1.14. The maximum Gasteiger partial charge on any atom is 0.305 e. The third-order valence-corrected chi connectivity index (χ3v) is 2.98. The molecule has 0 aromatic heterocycles. The highest BCUT2D eigenvalue weighted by atomic mass is 16.5. The number of carbonyl (C=O) groups is 2.